The number of carbonyl (C=O) groups is 1. The zero-order valence-electron chi connectivity index (χ0n) is 15.1. The Morgan fingerprint density at radius 2 is 2.08 bits per heavy atom. The average Bonchev–Trinajstić information content (AvgIpc) is 2.99. The molecule has 0 radical (unpaired) electrons. The third kappa shape index (κ3) is 5.18. The summed E-state index contributed by atoms with van der Waals surface area (Å²) in [7, 11) is 0. The summed E-state index contributed by atoms with van der Waals surface area (Å²) in [6.45, 7) is 9.02. The summed E-state index contributed by atoms with van der Waals surface area (Å²) in [4.78, 5) is 16.4. The fourth-order valence-electron chi connectivity index (χ4n) is 2.51. The van der Waals surface area contributed by atoms with Crippen LogP contribution in [0, 0.1) is 6.92 Å². The summed E-state index contributed by atoms with van der Waals surface area (Å²) in [6, 6.07) is 8.40. The van der Waals surface area contributed by atoms with E-state index in [1.54, 1.807) is 0 Å². The van der Waals surface area contributed by atoms with E-state index in [1.165, 1.54) is 11.1 Å². The molecule has 1 N–H and O–H groups in total. The Kier molecular flexibility index (Phi) is 6.12. The van der Waals surface area contributed by atoms with Crippen molar-refractivity contribution in [1.29, 1.82) is 0 Å². The summed E-state index contributed by atoms with van der Waals surface area (Å²) in [5, 5.41) is 6.91. The van der Waals surface area contributed by atoms with Crippen molar-refractivity contribution in [2.24, 2.45) is 0 Å². The average molecular weight is 329 g/mol. The maximum Gasteiger partial charge on any atom is 0.227 e. The third-order valence-corrected chi connectivity index (χ3v) is 4.08. The highest BCUT2D eigenvalue weighted by Gasteiger charge is 2.21. The van der Waals surface area contributed by atoms with Crippen LogP contribution in [0.5, 0.6) is 0 Å². The van der Waals surface area contributed by atoms with Crippen LogP contribution in [0.1, 0.15) is 56.5 Å². The van der Waals surface area contributed by atoms with Crippen molar-refractivity contribution in [2.75, 3.05) is 6.54 Å². The fraction of sp³-hybridized carbons (Fsp3) is 0.526. The van der Waals surface area contributed by atoms with E-state index in [9.17, 15) is 4.79 Å². The molecular weight excluding hydrogens is 302 g/mol. The molecule has 0 saturated carbocycles. The minimum Gasteiger partial charge on any atom is -0.355 e. The monoisotopic (exact) mass is 329 g/mol. The molecule has 0 aliphatic heterocycles. The smallest absolute Gasteiger partial charge is 0.227 e. The molecule has 1 aromatic heterocycles. The lowest BCUT2D eigenvalue weighted by Crippen LogP contribution is -2.36. The van der Waals surface area contributed by atoms with Gasteiger partial charge in [-0.1, -0.05) is 55.8 Å². The molecule has 24 heavy (non-hydrogen) atoms. The molecule has 0 saturated heterocycles. The van der Waals surface area contributed by atoms with E-state index in [2.05, 4.69) is 67.4 Å². The van der Waals surface area contributed by atoms with Gasteiger partial charge in [0.25, 0.3) is 0 Å². The van der Waals surface area contributed by atoms with Crippen molar-refractivity contribution in [2.45, 2.75) is 58.8 Å². The molecule has 0 spiro atoms. The molecule has 0 aliphatic carbocycles. The number of hydrogen-bond donors (Lipinski definition) is 1. The Labute approximate surface area is 143 Å². The zero-order chi connectivity index (χ0) is 17.6. The number of amides is 1. The van der Waals surface area contributed by atoms with Gasteiger partial charge in [0.2, 0.25) is 11.8 Å². The molecule has 0 aliphatic rings. The van der Waals surface area contributed by atoms with Gasteiger partial charge in [-0.2, -0.15) is 4.98 Å². The molecule has 0 atom stereocenters. The Hall–Kier alpha value is -2.17. The molecule has 1 amide bonds. The SMILES string of the molecule is CCCc1noc(CCC(=O)NCC(C)(C)c2cccc(C)c2)n1. The number of nitrogens with zero attached hydrogens (tertiary/aromatic N) is 2. The van der Waals surface area contributed by atoms with Crippen molar-refractivity contribution >= 4 is 5.91 Å². The maximum absolute atomic E-state index is 12.1. The molecule has 2 rings (SSSR count). The Balaban J connectivity index is 1.81. The number of nitrogens with one attached hydrogen (secondary N) is 1. The lowest BCUT2D eigenvalue weighted by molar-refractivity contribution is -0.121. The van der Waals surface area contributed by atoms with E-state index in [0.717, 1.165) is 12.8 Å². The van der Waals surface area contributed by atoms with Crippen LogP contribution in [0.2, 0.25) is 0 Å². The van der Waals surface area contributed by atoms with Crippen LogP contribution in [-0.2, 0) is 23.1 Å². The van der Waals surface area contributed by atoms with Gasteiger partial charge < -0.3 is 9.84 Å². The van der Waals surface area contributed by atoms with Crippen LogP contribution < -0.4 is 5.32 Å². The van der Waals surface area contributed by atoms with Crippen LogP contribution in [-0.4, -0.2) is 22.6 Å². The van der Waals surface area contributed by atoms with Crippen molar-refractivity contribution in [3.05, 3.63) is 47.1 Å². The predicted octanol–water partition coefficient (Wildman–Crippen LogP) is 3.36. The molecule has 5 heteroatoms. The van der Waals surface area contributed by atoms with Crippen LogP contribution >= 0.6 is 0 Å². The topological polar surface area (TPSA) is 68.0 Å². The fourth-order valence-corrected chi connectivity index (χ4v) is 2.51. The Bertz CT molecular complexity index is 677. The summed E-state index contributed by atoms with van der Waals surface area (Å²) < 4.78 is 5.15. The van der Waals surface area contributed by atoms with E-state index in [-0.39, 0.29) is 11.3 Å². The second-order valence-corrected chi connectivity index (χ2v) is 6.88. The van der Waals surface area contributed by atoms with Gasteiger partial charge in [0, 0.05) is 31.2 Å². The number of rotatable bonds is 8. The first-order valence-corrected chi connectivity index (χ1v) is 8.56. The molecular formula is C19H27N3O2. The van der Waals surface area contributed by atoms with Crippen molar-refractivity contribution in [3.63, 3.8) is 0 Å². The van der Waals surface area contributed by atoms with Crippen LogP contribution in [0.15, 0.2) is 28.8 Å². The van der Waals surface area contributed by atoms with Crippen LogP contribution in [0.25, 0.3) is 0 Å². The van der Waals surface area contributed by atoms with E-state index >= 15 is 0 Å². The number of aromatic nitrogens is 2. The van der Waals surface area contributed by atoms with E-state index in [4.69, 9.17) is 4.52 Å². The third-order valence-electron chi connectivity index (χ3n) is 4.08. The summed E-state index contributed by atoms with van der Waals surface area (Å²) in [5.74, 6) is 1.26. The van der Waals surface area contributed by atoms with E-state index < -0.39 is 0 Å². The second kappa shape index (κ2) is 8.08. The first-order chi connectivity index (χ1) is 11.4. The molecule has 5 nitrogen and oxygen atoms in total. The minimum absolute atomic E-state index is 0.00553. The van der Waals surface area contributed by atoms with Crippen LogP contribution in [0.4, 0.5) is 0 Å². The first-order valence-electron chi connectivity index (χ1n) is 8.56. The largest absolute Gasteiger partial charge is 0.355 e. The summed E-state index contributed by atoms with van der Waals surface area (Å²) in [6.07, 6.45) is 2.62. The van der Waals surface area contributed by atoms with Gasteiger partial charge in [0.15, 0.2) is 5.82 Å². The first kappa shape index (κ1) is 18.2. The lowest BCUT2D eigenvalue weighted by Gasteiger charge is -2.26. The molecule has 1 aromatic carbocycles. The summed E-state index contributed by atoms with van der Waals surface area (Å²) >= 11 is 0. The Morgan fingerprint density at radius 3 is 2.79 bits per heavy atom. The maximum atomic E-state index is 12.1. The van der Waals surface area contributed by atoms with Gasteiger partial charge in [-0.25, -0.2) is 0 Å². The second-order valence-electron chi connectivity index (χ2n) is 6.88. The highest BCUT2D eigenvalue weighted by atomic mass is 16.5. The quantitative estimate of drug-likeness (QED) is 0.806. The summed E-state index contributed by atoms with van der Waals surface area (Å²) in [5.41, 5.74) is 2.34. The van der Waals surface area contributed by atoms with Gasteiger partial charge in [-0.15, -0.1) is 0 Å². The molecule has 0 unspecified atom stereocenters. The van der Waals surface area contributed by atoms with Crippen molar-refractivity contribution < 1.29 is 9.32 Å². The van der Waals surface area contributed by atoms with Crippen LogP contribution in [0.3, 0.4) is 0 Å². The number of aryl methyl sites for hydroxylation is 3. The van der Waals surface area contributed by atoms with Gasteiger partial charge >= 0.3 is 0 Å². The standard InChI is InChI=1S/C19H27N3O2/c1-5-7-16-21-18(24-22-16)11-10-17(23)20-13-19(3,4)15-9-6-8-14(2)12-15/h6,8-9,12H,5,7,10-11,13H2,1-4H3,(H,20,23). The molecule has 0 bridgehead atoms. The lowest BCUT2D eigenvalue weighted by atomic mass is 9.84. The minimum atomic E-state index is -0.111. The number of carbonyl (C=O) groups excluding carboxylic acids is 1. The van der Waals surface area contributed by atoms with E-state index in [0.29, 0.717) is 31.1 Å². The van der Waals surface area contributed by atoms with E-state index in [1.807, 2.05) is 0 Å². The molecule has 1 heterocycles. The predicted molar refractivity (Wildman–Crippen MR) is 93.8 cm³/mol. The van der Waals surface area contributed by atoms with Crippen molar-refractivity contribution in [1.82, 2.24) is 15.5 Å². The van der Waals surface area contributed by atoms with Gasteiger partial charge in [0.05, 0.1) is 0 Å². The molecule has 2 aromatic rings. The highest BCUT2D eigenvalue weighted by molar-refractivity contribution is 5.76. The molecule has 130 valence electrons. The zero-order valence-corrected chi connectivity index (χ0v) is 15.1. The van der Waals surface area contributed by atoms with Gasteiger partial charge in [-0.05, 0) is 18.9 Å². The number of hydrogen-bond acceptors (Lipinski definition) is 4. The molecule has 0 fully saturated rings. The van der Waals surface area contributed by atoms with Gasteiger partial charge in [-0.3, -0.25) is 4.79 Å². The van der Waals surface area contributed by atoms with Gasteiger partial charge in [0.1, 0.15) is 0 Å². The van der Waals surface area contributed by atoms with Crippen molar-refractivity contribution in [3.8, 4) is 0 Å². The highest BCUT2D eigenvalue weighted by Crippen LogP contribution is 2.23. The Morgan fingerprint density at radius 1 is 1.29 bits per heavy atom. The normalized spacial score (nSPS) is 11.5. The number of benzene rings is 1.